The number of rotatable bonds is 4. The molecule has 2 N–H and O–H groups in total. The first-order valence-electron chi connectivity index (χ1n) is 7.44. The van der Waals surface area contributed by atoms with Gasteiger partial charge in [-0.25, -0.2) is 8.42 Å². The van der Waals surface area contributed by atoms with Gasteiger partial charge in [-0.2, -0.15) is 5.10 Å². The zero-order valence-corrected chi connectivity index (χ0v) is 14.1. The van der Waals surface area contributed by atoms with Crippen LogP contribution in [-0.4, -0.2) is 30.8 Å². The minimum absolute atomic E-state index is 0.169. The fourth-order valence-corrected chi connectivity index (χ4v) is 3.62. The van der Waals surface area contributed by atoms with E-state index in [9.17, 15) is 13.2 Å². The number of benzene rings is 1. The van der Waals surface area contributed by atoms with Crippen molar-refractivity contribution in [3.63, 3.8) is 0 Å². The molecule has 3 rings (SSSR count). The molecular weight excluding hydrogens is 314 g/mol. The predicted octanol–water partition coefficient (Wildman–Crippen LogP) is 2.56. The Bertz CT molecular complexity index is 880. The summed E-state index contributed by atoms with van der Waals surface area (Å²) < 4.78 is 23.6. The Hall–Kier alpha value is -2.15. The largest absolute Gasteiger partial charge is 0.305 e. The van der Waals surface area contributed by atoms with E-state index in [4.69, 9.17) is 0 Å². The molecule has 1 aliphatic carbocycles. The number of aromatic amines is 1. The molecule has 0 aliphatic heterocycles. The molecule has 2 aromatic rings. The number of carbonyl (C=O) groups excluding carboxylic acids is 1. The minimum atomic E-state index is -3.37. The molecule has 1 aliphatic rings. The molecule has 1 saturated carbocycles. The summed E-state index contributed by atoms with van der Waals surface area (Å²) in [6.07, 6.45) is 3.43. The standard InChI is InChI=1S/C16H19N3O3S/c1-9-4-5-12(8-13(9)23(3,21)22)16(20)17-15-10(2)14(18-19-15)11-6-7-11/h4-5,8,11H,6-7H2,1-3H3,(H2,17,18,19,20). The van der Waals surface area contributed by atoms with E-state index in [0.29, 0.717) is 22.9 Å². The molecule has 1 fully saturated rings. The Morgan fingerprint density at radius 1 is 1.30 bits per heavy atom. The summed E-state index contributed by atoms with van der Waals surface area (Å²) in [7, 11) is -3.37. The molecule has 0 saturated heterocycles. The normalized spacial score (nSPS) is 14.7. The number of hydrogen-bond acceptors (Lipinski definition) is 4. The van der Waals surface area contributed by atoms with Gasteiger partial charge in [-0.3, -0.25) is 9.89 Å². The van der Waals surface area contributed by atoms with Crippen molar-refractivity contribution in [2.75, 3.05) is 11.6 Å². The van der Waals surface area contributed by atoms with Crippen LogP contribution in [0.3, 0.4) is 0 Å². The van der Waals surface area contributed by atoms with Crippen molar-refractivity contribution in [2.24, 2.45) is 0 Å². The molecular formula is C16H19N3O3S. The van der Waals surface area contributed by atoms with Gasteiger partial charge in [0.05, 0.1) is 4.90 Å². The Labute approximate surface area is 135 Å². The molecule has 6 nitrogen and oxygen atoms in total. The van der Waals surface area contributed by atoms with Crippen LogP contribution < -0.4 is 5.32 Å². The third kappa shape index (κ3) is 3.14. The summed E-state index contributed by atoms with van der Waals surface area (Å²) >= 11 is 0. The van der Waals surface area contributed by atoms with Gasteiger partial charge in [0, 0.05) is 29.0 Å². The highest BCUT2D eigenvalue weighted by molar-refractivity contribution is 7.90. The first kappa shape index (κ1) is 15.7. The average Bonchev–Trinajstić information content (AvgIpc) is 3.24. The van der Waals surface area contributed by atoms with Crippen LogP contribution in [0, 0.1) is 13.8 Å². The predicted molar refractivity (Wildman–Crippen MR) is 87.5 cm³/mol. The highest BCUT2D eigenvalue weighted by Gasteiger charge is 2.28. The Morgan fingerprint density at radius 2 is 2.00 bits per heavy atom. The highest BCUT2D eigenvalue weighted by Crippen LogP contribution is 2.41. The smallest absolute Gasteiger partial charge is 0.256 e. The number of anilines is 1. The fraction of sp³-hybridized carbons (Fsp3) is 0.375. The molecule has 7 heteroatoms. The molecule has 0 spiro atoms. The van der Waals surface area contributed by atoms with E-state index >= 15 is 0 Å². The third-order valence-corrected chi connectivity index (χ3v) is 5.35. The summed E-state index contributed by atoms with van der Waals surface area (Å²) in [4.78, 5) is 12.6. The first-order chi connectivity index (χ1) is 10.8. The second kappa shape index (κ2) is 5.49. The molecule has 23 heavy (non-hydrogen) atoms. The molecule has 0 radical (unpaired) electrons. The maximum absolute atomic E-state index is 12.4. The number of sulfone groups is 1. The molecule has 1 aromatic carbocycles. The van der Waals surface area contributed by atoms with Crippen molar-refractivity contribution >= 4 is 21.6 Å². The lowest BCUT2D eigenvalue weighted by atomic mass is 10.1. The van der Waals surface area contributed by atoms with Gasteiger partial charge >= 0.3 is 0 Å². The number of hydrogen-bond donors (Lipinski definition) is 2. The van der Waals surface area contributed by atoms with Crippen LogP contribution in [-0.2, 0) is 9.84 Å². The van der Waals surface area contributed by atoms with Crippen molar-refractivity contribution in [2.45, 2.75) is 37.5 Å². The Morgan fingerprint density at radius 3 is 2.61 bits per heavy atom. The number of H-pyrrole nitrogens is 1. The van der Waals surface area contributed by atoms with E-state index in [1.54, 1.807) is 19.1 Å². The Balaban J connectivity index is 1.86. The monoisotopic (exact) mass is 333 g/mol. The van der Waals surface area contributed by atoms with E-state index in [-0.39, 0.29) is 10.8 Å². The van der Waals surface area contributed by atoms with E-state index in [0.717, 1.165) is 30.4 Å². The minimum Gasteiger partial charge on any atom is -0.305 e. The van der Waals surface area contributed by atoms with Gasteiger partial charge in [0.15, 0.2) is 15.7 Å². The number of amides is 1. The zero-order chi connectivity index (χ0) is 16.8. The number of aromatic nitrogens is 2. The maximum Gasteiger partial charge on any atom is 0.256 e. The van der Waals surface area contributed by atoms with Crippen LogP contribution >= 0.6 is 0 Å². The first-order valence-corrected chi connectivity index (χ1v) is 9.33. The summed E-state index contributed by atoms with van der Waals surface area (Å²) in [6.45, 7) is 3.63. The van der Waals surface area contributed by atoms with Crippen LogP contribution in [0.25, 0.3) is 0 Å². The van der Waals surface area contributed by atoms with E-state index in [1.165, 1.54) is 6.07 Å². The van der Waals surface area contributed by atoms with Gasteiger partial charge in [0.25, 0.3) is 5.91 Å². The van der Waals surface area contributed by atoms with Crippen LogP contribution in [0.5, 0.6) is 0 Å². The van der Waals surface area contributed by atoms with Gasteiger partial charge in [-0.05, 0) is 44.4 Å². The van der Waals surface area contributed by atoms with E-state index < -0.39 is 9.84 Å². The van der Waals surface area contributed by atoms with E-state index in [2.05, 4.69) is 15.5 Å². The molecule has 0 atom stereocenters. The van der Waals surface area contributed by atoms with Crippen LogP contribution in [0.4, 0.5) is 5.82 Å². The van der Waals surface area contributed by atoms with Crippen molar-refractivity contribution in [1.82, 2.24) is 10.2 Å². The SMILES string of the molecule is Cc1ccc(C(=O)Nc2n[nH]c(C3CC3)c2C)cc1S(C)(=O)=O. The van der Waals surface area contributed by atoms with Crippen LogP contribution in [0.1, 0.15) is 45.9 Å². The summed E-state index contributed by atoms with van der Waals surface area (Å²) in [5.41, 5.74) is 2.93. The molecule has 0 unspecified atom stereocenters. The van der Waals surface area contributed by atoms with Gasteiger partial charge < -0.3 is 5.32 Å². The second-order valence-corrected chi connectivity index (χ2v) is 8.08. The Kier molecular flexibility index (Phi) is 3.75. The quantitative estimate of drug-likeness (QED) is 0.899. The topological polar surface area (TPSA) is 91.9 Å². The zero-order valence-electron chi connectivity index (χ0n) is 13.3. The molecule has 1 aromatic heterocycles. The van der Waals surface area contributed by atoms with Gasteiger partial charge in [-0.15, -0.1) is 0 Å². The van der Waals surface area contributed by atoms with Gasteiger partial charge in [0.1, 0.15) is 0 Å². The molecule has 1 amide bonds. The maximum atomic E-state index is 12.4. The van der Waals surface area contributed by atoms with Gasteiger partial charge in [0.2, 0.25) is 0 Å². The van der Waals surface area contributed by atoms with Crippen molar-refractivity contribution in [3.05, 3.63) is 40.6 Å². The van der Waals surface area contributed by atoms with Crippen LogP contribution in [0.2, 0.25) is 0 Å². The van der Waals surface area contributed by atoms with Crippen molar-refractivity contribution in [1.29, 1.82) is 0 Å². The second-order valence-electron chi connectivity index (χ2n) is 6.09. The summed E-state index contributed by atoms with van der Waals surface area (Å²) in [6, 6.07) is 4.66. The fourth-order valence-electron chi connectivity index (χ4n) is 2.62. The third-order valence-electron chi connectivity index (χ3n) is 4.11. The van der Waals surface area contributed by atoms with Crippen LogP contribution in [0.15, 0.2) is 23.1 Å². The number of aryl methyl sites for hydroxylation is 1. The number of nitrogens with one attached hydrogen (secondary N) is 2. The van der Waals surface area contributed by atoms with E-state index in [1.807, 2.05) is 6.92 Å². The van der Waals surface area contributed by atoms with Crippen molar-refractivity contribution < 1.29 is 13.2 Å². The number of carbonyl (C=O) groups is 1. The highest BCUT2D eigenvalue weighted by atomic mass is 32.2. The summed E-state index contributed by atoms with van der Waals surface area (Å²) in [5.74, 6) is 0.648. The van der Waals surface area contributed by atoms with Crippen molar-refractivity contribution in [3.8, 4) is 0 Å². The van der Waals surface area contributed by atoms with Gasteiger partial charge in [-0.1, -0.05) is 6.07 Å². The lowest BCUT2D eigenvalue weighted by Gasteiger charge is -2.08. The molecule has 122 valence electrons. The number of nitrogens with zero attached hydrogens (tertiary/aromatic N) is 1. The lowest BCUT2D eigenvalue weighted by Crippen LogP contribution is -2.14. The lowest BCUT2D eigenvalue weighted by molar-refractivity contribution is 0.102. The molecule has 0 bridgehead atoms. The molecule has 1 heterocycles. The summed E-state index contributed by atoms with van der Waals surface area (Å²) in [5, 5.41) is 9.88. The average molecular weight is 333 g/mol.